The minimum atomic E-state index is -4.55. The molecule has 0 bridgehead atoms. The monoisotopic (exact) mass is 342 g/mol. The van der Waals surface area contributed by atoms with Gasteiger partial charge in [-0.3, -0.25) is 0 Å². The molecule has 1 aliphatic heterocycles. The first-order valence-corrected chi connectivity index (χ1v) is 7.46. The molecule has 0 radical (unpaired) electrons. The fourth-order valence-electron chi connectivity index (χ4n) is 2.53. The molecule has 1 fully saturated rings. The van der Waals surface area contributed by atoms with Gasteiger partial charge in [-0.15, -0.1) is 0 Å². The van der Waals surface area contributed by atoms with Crippen LogP contribution in [0.4, 0.5) is 13.2 Å². The molecule has 3 rings (SSSR count). The molecule has 0 aromatic carbocycles. The van der Waals surface area contributed by atoms with E-state index < -0.39 is 30.2 Å². The van der Waals surface area contributed by atoms with Gasteiger partial charge in [0.25, 0.3) is 0 Å². The van der Waals surface area contributed by atoms with Crippen molar-refractivity contribution in [3.05, 3.63) is 23.9 Å². The van der Waals surface area contributed by atoms with Crippen molar-refractivity contribution < 1.29 is 27.2 Å². The van der Waals surface area contributed by atoms with Gasteiger partial charge < -0.3 is 14.0 Å². The summed E-state index contributed by atoms with van der Waals surface area (Å²) < 4.78 is 57.2. The molecule has 3 heterocycles. The predicted molar refractivity (Wildman–Crippen MR) is 82.5 cm³/mol. The first kappa shape index (κ1) is 17.1. The predicted octanol–water partition coefficient (Wildman–Crippen LogP) is 2.66. The molecular formula is C15H18BF3N2O3. The molecule has 1 saturated heterocycles. The molecule has 2 aromatic heterocycles. The summed E-state index contributed by atoms with van der Waals surface area (Å²) in [6.07, 6.45) is -4.55. The first-order chi connectivity index (χ1) is 11.0. The Morgan fingerprint density at radius 3 is 2.21 bits per heavy atom. The summed E-state index contributed by atoms with van der Waals surface area (Å²) in [7, 11) is 0.583. The summed E-state index contributed by atoms with van der Waals surface area (Å²) in [5.41, 5.74) is -1.48. The second kappa shape index (κ2) is 5.13. The van der Waals surface area contributed by atoms with Crippen LogP contribution in [-0.2, 0) is 15.5 Å². The molecule has 0 amide bonds. The number of hydrogen-bond donors (Lipinski definition) is 0. The van der Waals surface area contributed by atoms with E-state index in [2.05, 4.69) is 5.10 Å². The normalized spacial score (nSPS) is 19.9. The van der Waals surface area contributed by atoms with E-state index in [4.69, 9.17) is 14.0 Å². The summed E-state index contributed by atoms with van der Waals surface area (Å²) in [4.78, 5) is 0. The Labute approximate surface area is 137 Å². The van der Waals surface area contributed by atoms with Crippen LogP contribution in [-0.4, -0.2) is 35.0 Å². The largest absolute Gasteiger partial charge is 0.497 e. The van der Waals surface area contributed by atoms with E-state index in [0.29, 0.717) is 5.46 Å². The Balaban J connectivity index is 2.15. The van der Waals surface area contributed by atoms with Crippen LogP contribution in [0.15, 0.2) is 18.2 Å². The first-order valence-electron chi connectivity index (χ1n) is 7.46. The van der Waals surface area contributed by atoms with Crippen molar-refractivity contribution in [2.45, 2.75) is 45.1 Å². The lowest BCUT2D eigenvalue weighted by Crippen LogP contribution is -2.41. The molecule has 0 spiro atoms. The molecule has 0 unspecified atom stereocenters. The highest BCUT2D eigenvalue weighted by Crippen LogP contribution is 2.37. The van der Waals surface area contributed by atoms with Crippen LogP contribution in [0.3, 0.4) is 0 Å². The van der Waals surface area contributed by atoms with Crippen molar-refractivity contribution in [1.29, 1.82) is 0 Å². The minimum Gasteiger partial charge on any atom is -0.481 e. The number of pyridine rings is 1. The highest BCUT2D eigenvalue weighted by molar-refractivity contribution is 6.64. The van der Waals surface area contributed by atoms with E-state index in [0.717, 1.165) is 10.6 Å². The third-order valence-corrected chi connectivity index (χ3v) is 4.63. The average Bonchev–Trinajstić information content (AvgIpc) is 2.97. The number of nitrogens with zero attached hydrogens (tertiary/aromatic N) is 2. The van der Waals surface area contributed by atoms with E-state index in [-0.39, 0.29) is 11.4 Å². The Morgan fingerprint density at radius 2 is 1.71 bits per heavy atom. The number of hydrogen-bond acceptors (Lipinski definition) is 4. The second-order valence-electron chi connectivity index (χ2n) is 6.74. The number of fused-ring (bicyclic) bond motifs is 1. The number of aromatic nitrogens is 2. The van der Waals surface area contributed by atoms with E-state index in [1.165, 1.54) is 7.11 Å². The zero-order valence-electron chi connectivity index (χ0n) is 14.1. The lowest BCUT2D eigenvalue weighted by Gasteiger charge is -2.32. The number of halogens is 3. The van der Waals surface area contributed by atoms with Gasteiger partial charge in [0.05, 0.1) is 23.8 Å². The number of ether oxygens (including phenoxy) is 1. The number of rotatable bonds is 2. The summed E-state index contributed by atoms with van der Waals surface area (Å²) >= 11 is 0. The fourth-order valence-corrected chi connectivity index (χ4v) is 2.53. The molecule has 1 aliphatic rings. The highest BCUT2D eigenvalue weighted by atomic mass is 19.4. The average molecular weight is 342 g/mol. The van der Waals surface area contributed by atoms with Gasteiger partial charge in [0.1, 0.15) is 0 Å². The minimum absolute atomic E-state index is 0.195. The third-order valence-electron chi connectivity index (χ3n) is 4.63. The van der Waals surface area contributed by atoms with Crippen LogP contribution < -0.4 is 10.2 Å². The zero-order valence-corrected chi connectivity index (χ0v) is 14.1. The molecule has 5 nitrogen and oxygen atoms in total. The standard InChI is InChI=1S/C15H18BF3N2O3/c1-13(2)14(3,4)24-16(23-13)9-6-7-12(22-5)21-10(9)8-11(20-21)15(17,18)19/h6-8H,1-5H3. The van der Waals surface area contributed by atoms with Crippen molar-refractivity contribution in [2.75, 3.05) is 7.11 Å². The van der Waals surface area contributed by atoms with Crippen molar-refractivity contribution in [3.8, 4) is 5.88 Å². The van der Waals surface area contributed by atoms with E-state index in [1.54, 1.807) is 12.1 Å². The molecule has 0 N–H and O–H groups in total. The number of methoxy groups -OCH3 is 1. The highest BCUT2D eigenvalue weighted by Gasteiger charge is 2.52. The maximum atomic E-state index is 13.0. The zero-order chi connectivity index (χ0) is 17.9. The van der Waals surface area contributed by atoms with Crippen LogP contribution in [0, 0.1) is 0 Å². The van der Waals surface area contributed by atoms with Gasteiger partial charge in [-0.05, 0) is 33.8 Å². The van der Waals surface area contributed by atoms with Crippen molar-refractivity contribution in [2.24, 2.45) is 0 Å². The van der Waals surface area contributed by atoms with Gasteiger partial charge >= 0.3 is 13.3 Å². The Morgan fingerprint density at radius 1 is 1.12 bits per heavy atom. The lowest BCUT2D eigenvalue weighted by atomic mass is 9.78. The Hall–Kier alpha value is -1.74. The van der Waals surface area contributed by atoms with Crippen LogP contribution in [0.25, 0.3) is 5.52 Å². The van der Waals surface area contributed by atoms with Gasteiger partial charge in [0.2, 0.25) is 5.88 Å². The van der Waals surface area contributed by atoms with E-state index in [9.17, 15) is 13.2 Å². The molecule has 130 valence electrons. The molecule has 2 aromatic rings. The van der Waals surface area contributed by atoms with Crippen LogP contribution in [0.1, 0.15) is 33.4 Å². The Kier molecular flexibility index (Phi) is 3.65. The van der Waals surface area contributed by atoms with Gasteiger partial charge in [-0.25, -0.2) is 4.52 Å². The maximum Gasteiger partial charge on any atom is 0.497 e. The second-order valence-corrected chi connectivity index (χ2v) is 6.74. The summed E-state index contributed by atoms with van der Waals surface area (Å²) in [5, 5.41) is 3.62. The van der Waals surface area contributed by atoms with Crippen LogP contribution >= 0.6 is 0 Å². The molecule has 24 heavy (non-hydrogen) atoms. The lowest BCUT2D eigenvalue weighted by molar-refractivity contribution is -0.141. The smallest absolute Gasteiger partial charge is 0.481 e. The maximum absolute atomic E-state index is 13.0. The third kappa shape index (κ3) is 2.55. The van der Waals surface area contributed by atoms with Crippen LogP contribution in [0.5, 0.6) is 5.88 Å². The summed E-state index contributed by atoms with van der Waals surface area (Å²) in [6.45, 7) is 7.52. The quantitative estimate of drug-likeness (QED) is 0.788. The topological polar surface area (TPSA) is 45.0 Å². The van der Waals surface area contributed by atoms with Crippen molar-refractivity contribution in [1.82, 2.24) is 9.61 Å². The molecule has 0 saturated carbocycles. The summed E-state index contributed by atoms with van der Waals surface area (Å²) in [6, 6.07) is 4.15. The van der Waals surface area contributed by atoms with Crippen molar-refractivity contribution >= 4 is 18.1 Å². The molecule has 9 heteroatoms. The molecular weight excluding hydrogens is 324 g/mol. The molecule has 0 aliphatic carbocycles. The van der Waals surface area contributed by atoms with Gasteiger partial charge in [-0.2, -0.15) is 18.3 Å². The van der Waals surface area contributed by atoms with Crippen molar-refractivity contribution in [3.63, 3.8) is 0 Å². The van der Waals surface area contributed by atoms with Gasteiger partial charge in [0.15, 0.2) is 5.69 Å². The van der Waals surface area contributed by atoms with E-state index in [1.807, 2.05) is 27.7 Å². The number of alkyl halides is 3. The fraction of sp³-hybridized carbons (Fsp3) is 0.533. The summed E-state index contributed by atoms with van der Waals surface area (Å²) in [5.74, 6) is 0.195. The SMILES string of the molecule is COc1ccc(B2OC(C)(C)C(C)(C)O2)c2cc(C(F)(F)F)nn12. The Bertz CT molecular complexity index is 770. The van der Waals surface area contributed by atoms with Gasteiger partial charge in [-0.1, -0.05) is 6.07 Å². The van der Waals surface area contributed by atoms with Gasteiger partial charge in [0, 0.05) is 11.5 Å². The molecule has 0 atom stereocenters. The van der Waals surface area contributed by atoms with Crippen LogP contribution in [0.2, 0.25) is 0 Å². The van der Waals surface area contributed by atoms with E-state index >= 15 is 0 Å².